The van der Waals surface area contributed by atoms with Crippen LogP contribution in [0.2, 0.25) is 0 Å². The number of carbonyl (C=O) groups is 1. The molecule has 0 bridgehead atoms. The Morgan fingerprint density at radius 3 is 2.77 bits per heavy atom. The van der Waals surface area contributed by atoms with Crippen molar-refractivity contribution in [1.82, 2.24) is 15.0 Å². The lowest BCUT2D eigenvalue weighted by molar-refractivity contribution is -0.105. The zero-order chi connectivity index (χ0) is 9.68. The monoisotopic (exact) mass is 182 g/mol. The molecule has 0 aliphatic rings. The van der Waals surface area contributed by atoms with Crippen molar-refractivity contribution in [3.63, 3.8) is 0 Å². The Bertz CT molecular complexity index is 280. The Labute approximate surface area is 75.4 Å². The van der Waals surface area contributed by atoms with Crippen molar-refractivity contribution in [2.45, 2.75) is 13.3 Å². The van der Waals surface area contributed by atoms with Crippen molar-refractivity contribution in [2.75, 3.05) is 12.4 Å². The molecule has 1 N–H and O–H groups in total. The van der Waals surface area contributed by atoms with Crippen molar-refractivity contribution >= 4 is 12.4 Å². The van der Waals surface area contributed by atoms with Crippen molar-refractivity contribution in [1.29, 1.82) is 0 Å². The van der Waals surface area contributed by atoms with Gasteiger partial charge in [0, 0.05) is 6.42 Å². The average Bonchev–Trinajstić information content (AvgIpc) is 2.17. The number of nitrogens with zero attached hydrogens (tertiary/aromatic N) is 3. The fourth-order valence-electron chi connectivity index (χ4n) is 0.765. The second-order valence-corrected chi connectivity index (χ2v) is 2.18. The first kappa shape index (κ1) is 9.37. The van der Waals surface area contributed by atoms with Gasteiger partial charge >= 0.3 is 6.01 Å². The Morgan fingerprint density at radius 2 is 2.23 bits per heavy atom. The smallest absolute Gasteiger partial charge is 0.321 e. The van der Waals surface area contributed by atoms with E-state index < -0.39 is 0 Å². The molecule has 0 fully saturated rings. The summed E-state index contributed by atoms with van der Waals surface area (Å²) in [6, 6.07) is 0.205. The lowest BCUT2D eigenvalue weighted by Crippen LogP contribution is -2.06. The number of methoxy groups -OCH3 is 1. The highest BCUT2D eigenvalue weighted by Gasteiger charge is 2.03. The van der Waals surface area contributed by atoms with E-state index in [2.05, 4.69) is 20.3 Å². The van der Waals surface area contributed by atoms with Crippen molar-refractivity contribution < 1.29 is 9.53 Å². The standard InChI is InChI=1S/C7H10N4O2/c1-3-5-9-6(8-4-12)11-7(10-5)13-2/h4H,3H2,1-2H3,(H,8,9,10,11,12). The first-order chi connectivity index (χ1) is 6.30. The lowest BCUT2D eigenvalue weighted by Gasteiger charge is -2.02. The molecular formula is C7H10N4O2. The van der Waals surface area contributed by atoms with E-state index in [1.54, 1.807) is 0 Å². The number of nitrogens with one attached hydrogen (secondary N) is 1. The molecule has 13 heavy (non-hydrogen) atoms. The van der Waals surface area contributed by atoms with Gasteiger partial charge in [-0.25, -0.2) is 0 Å². The van der Waals surface area contributed by atoms with Gasteiger partial charge in [-0.2, -0.15) is 15.0 Å². The number of anilines is 1. The minimum Gasteiger partial charge on any atom is -0.467 e. The molecule has 0 radical (unpaired) electrons. The van der Waals surface area contributed by atoms with Gasteiger partial charge in [0.05, 0.1) is 7.11 Å². The summed E-state index contributed by atoms with van der Waals surface area (Å²) in [7, 11) is 1.46. The number of hydrogen-bond acceptors (Lipinski definition) is 5. The van der Waals surface area contributed by atoms with Crippen LogP contribution in [0.3, 0.4) is 0 Å². The van der Waals surface area contributed by atoms with Gasteiger partial charge in [0.1, 0.15) is 5.82 Å². The molecule has 1 heterocycles. The predicted octanol–water partition coefficient (Wildman–Crippen LogP) is 0.0109. The third-order valence-electron chi connectivity index (χ3n) is 1.35. The van der Waals surface area contributed by atoms with E-state index in [4.69, 9.17) is 4.74 Å². The van der Waals surface area contributed by atoms with Gasteiger partial charge in [-0.15, -0.1) is 0 Å². The Morgan fingerprint density at radius 1 is 1.46 bits per heavy atom. The molecule has 1 amide bonds. The van der Waals surface area contributed by atoms with Gasteiger partial charge in [-0.1, -0.05) is 6.92 Å². The Hall–Kier alpha value is -1.72. The van der Waals surface area contributed by atoms with Crippen molar-refractivity contribution in [2.24, 2.45) is 0 Å². The molecule has 6 heteroatoms. The molecule has 70 valence electrons. The highest BCUT2D eigenvalue weighted by atomic mass is 16.5. The predicted molar refractivity (Wildman–Crippen MR) is 45.4 cm³/mol. The van der Waals surface area contributed by atoms with Crippen LogP contribution < -0.4 is 10.1 Å². The summed E-state index contributed by atoms with van der Waals surface area (Å²) in [5.41, 5.74) is 0. The first-order valence-corrected chi connectivity index (χ1v) is 3.79. The topological polar surface area (TPSA) is 77.0 Å². The second kappa shape index (κ2) is 4.34. The van der Waals surface area contributed by atoms with Crippen molar-refractivity contribution in [3.05, 3.63) is 5.82 Å². The highest BCUT2D eigenvalue weighted by molar-refractivity contribution is 5.66. The number of aryl methyl sites for hydroxylation is 1. The molecule has 6 nitrogen and oxygen atoms in total. The van der Waals surface area contributed by atoms with Gasteiger partial charge in [0.15, 0.2) is 0 Å². The largest absolute Gasteiger partial charge is 0.467 e. The third-order valence-corrected chi connectivity index (χ3v) is 1.35. The quantitative estimate of drug-likeness (QED) is 0.664. The van der Waals surface area contributed by atoms with Crippen molar-refractivity contribution in [3.8, 4) is 6.01 Å². The van der Waals surface area contributed by atoms with Crippen LogP contribution >= 0.6 is 0 Å². The van der Waals surface area contributed by atoms with Crippen LogP contribution in [0.15, 0.2) is 0 Å². The summed E-state index contributed by atoms with van der Waals surface area (Å²) >= 11 is 0. The molecule has 1 aromatic rings. The number of amides is 1. The summed E-state index contributed by atoms with van der Waals surface area (Å²) in [6.45, 7) is 1.90. The molecule has 0 unspecified atom stereocenters. The number of rotatable bonds is 4. The summed E-state index contributed by atoms with van der Waals surface area (Å²) in [5.74, 6) is 0.787. The van der Waals surface area contributed by atoms with E-state index in [1.807, 2.05) is 6.92 Å². The molecule has 1 aromatic heterocycles. The maximum absolute atomic E-state index is 10.1. The first-order valence-electron chi connectivity index (χ1n) is 3.79. The van der Waals surface area contributed by atoms with E-state index in [0.29, 0.717) is 18.7 Å². The van der Waals surface area contributed by atoms with E-state index in [-0.39, 0.29) is 12.0 Å². The summed E-state index contributed by atoms with van der Waals surface area (Å²) < 4.78 is 4.83. The van der Waals surface area contributed by atoms with Gasteiger partial charge in [-0.3, -0.25) is 10.1 Å². The molecule has 0 saturated carbocycles. The second-order valence-electron chi connectivity index (χ2n) is 2.18. The number of ether oxygens (including phenoxy) is 1. The fourth-order valence-corrected chi connectivity index (χ4v) is 0.765. The van der Waals surface area contributed by atoms with Gasteiger partial charge in [0.25, 0.3) is 0 Å². The van der Waals surface area contributed by atoms with Crippen LogP contribution in [-0.2, 0) is 11.2 Å². The normalized spacial score (nSPS) is 9.38. The Kier molecular flexibility index (Phi) is 3.13. The van der Waals surface area contributed by atoms with Crippen LogP contribution in [0.5, 0.6) is 6.01 Å². The zero-order valence-electron chi connectivity index (χ0n) is 7.44. The van der Waals surface area contributed by atoms with Crippen LogP contribution in [0.25, 0.3) is 0 Å². The number of carbonyl (C=O) groups excluding carboxylic acids is 1. The van der Waals surface area contributed by atoms with Crippen LogP contribution in [-0.4, -0.2) is 28.5 Å². The molecule has 0 saturated heterocycles. The number of aromatic nitrogens is 3. The average molecular weight is 182 g/mol. The van der Waals surface area contributed by atoms with Gasteiger partial charge in [-0.05, 0) is 0 Å². The molecule has 0 aliphatic heterocycles. The maximum Gasteiger partial charge on any atom is 0.321 e. The fraction of sp³-hybridized carbons (Fsp3) is 0.429. The number of hydrogen-bond donors (Lipinski definition) is 1. The highest BCUT2D eigenvalue weighted by Crippen LogP contribution is 2.06. The van der Waals surface area contributed by atoms with Crippen LogP contribution in [0.1, 0.15) is 12.7 Å². The summed E-state index contributed by atoms with van der Waals surface area (Å²) in [6.07, 6.45) is 1.17. The van der Waals surface area contributed by atoms with E-state index in [0.717, 1.165) is 0 Å². The van der Waals surface area contributed by atoms with E-state index in [1.165, 1.54) is 7.11 Å². The summed E-state index contributed by atoms with van der Waals surface area (Å²) in [5, 5.41) is 2.33. The zero-order valence-corrected chi connectivity index (χ0v) is 7.44. The molecule has 0 aromatic carbocycles. The lowest BCUT2D eigenvalue weighted by atomic mass is 10.5. The van der Waals surface area contributed by atoms with E-state index >= 15 is 0 Å². The van der Waals surface area contributed by atoms with Gasteiger partial charge in [0.2, 0.25) is 12.4 Å². The SMILES string of the molecule is CCc1nc(NC=O)nc(OC)n1. The van der Waals surface area contributed by atoms with Crippen LogP contribution in [0.4, 0.5) is 5.95 Å². The van der Waals surface area contributed by atoms with Gasteiger partial charge < -0.3 is 4.74 Å². The molecular weight excluding hydrogens is 172 g/mol. The van der Waals surface area contributed by atoms with E-state index in [9.17, 15) is 4.79 Å². The molecule has 0 atom stereocenters. The molecule has 0 spiro atoms. The molecule has 0 aliphatic carbocycles. The maximum atomic E-state index is 10.1. The molecule has 1 rings (SSSR count). The Balaban J connectivity index is 2.99. The van der Waals surface area contributed by atoms with Crippen LogP contribution in [0, 0.1) is 0 Å². The summed E-state index contributed by atoms with van der Waals surface area (Å²) in [4.78, 5) is 21.8. The minimum atomic E-state index is 0.205. The minimum absolute atomic E-state index is 0.205. The third kappa shape index (κ3) is 2.36.